The van der Waals surface area contributed by atoms with Crippen LogP contribution in [0.15, 0.2) is 18.2 Å². The Balaban J connectivity index is 2.27. The van der Waals surface area contributed by atoms with Crippen LogP contribution in [0.3, 0.4) is 0 Å². The second-order valence-electron chi connectivity index (χ2n) is 5.91. The molecule has 1 fully saturated rings. The zero-order chi connectivity index (χ0) is 13.6. The number of aryl methyl sites for hydroxylation is 1. The Labute approximate surface area is 118 Å². The van der Waals surface area contributed by atoms with Crippen molar-refractivity contribution < 1.29 is 9.31 Å². The molecule has 4 heteroatoms. The Morgan fingerprint density at radius 2 is 1.67 bits per heavy atom. The van der Waals surface area contributed by atoms with Crippen molar-refractivity contribution >= 4 is 28.5 Å². The van der Waals surface area contributed by atoms with Gasteiger partial charge in [0.15, 0.2) is 0 Å². The van der Waals surface area contributed by atoms with E-state index in [1.807, 2.05) is 0 Å². The molecule has 0 atom stereocenters. The van der Waals surface area contributed by atoms with Crippen LogP contribution in [0.4, 0.5) is 0 Å². The topological polar surface area (TPSA) is 18.5 Å². The summed E-state index contributed by atoms with van der Waals surface area (Å²) in [4.78, 5) is 0. The van der Waals surface area contributed by atoms with Gasteiger partial charge in [-0.1, -0.05) is 34.1 Å². The Hall–Kier alpha value is -0.315. The van der Waals surface area contributed by atoms with Crippen molar-refractivity contribution in [2.45, 2.75) is 51.2 Å². The van der Waals surface area contributed by atoms with Gasteiger partial charge in [-0.15, -0.1) is 0 Å². The number of halogens is 1. The molecule has 0 unspecified atom stereocenters. The fraction of sp³-hybridized carbons (Fsp3) is 0.571. The molecule has 1 aliphatic heterocycles. The Morgan fingerprint density at radius 3 is 2.11 bits per heavy atom. The molecule has 0 saturated carbocycles. The maximum absolute atomic E-state index is 6.04. The molecule has 1 aliphatic rings. The second kappa shape index (κ2) is 4.66. The summed E-state index contributed by atoms with van der Waals surface area (Å²) in [6, 6.07) is 6.37. The second-order valence-corrected chi connectivity index (χ2v) is 6.47. The first-order valence-corrected chi connectivity index (χ1v) is 7.40. The molecule has 1 heterocycles. The van der Waals surface area contributed by atoms with Crippen LogP contribution in [0, 0.1) is 6.92 Å². The van der Waals surface area contributed by atoms with Gasteiger partial charge in [0.1, 0.15) is 0 Å². The van der Waals surface area contributed by atoms with Gasteiger partial charge >= 0.3 is 7.12 Å². The first-order valence-electron chi connectivity index (χ1n) is 6.28. The highest BCUT2D eigenvalue weighted by Gasteiger charge is 2.51. The molecular formula is C14H20BBrO2. The molecule has 1 saturated heterocycles. The van der Waals surface area contributed by atoms with Gasteiger partial charge in [0.05, 0.1) is 11.2 Å². The molecule has 1 aromatic carbocycles. The van der Waals surface area contributed by atoms with E-state index in [0.717, 1.165) is 10.8 Å². The van der Waals surface area contributed by atoms with Crippen molar-refractivity contribution in [2.75, 3.05) is 0 Å². The lowest BCUT2D eigenvalue weighted by Gasteiger charge is -2.32. The summed E-state index contributed by atoms with van der Waals surface area (Å²) in [7, 11) is -0.266. The third-order valence-corrected chi connectivity index (χ3v) is 4.64. The standard InChI is InChI=1S/C14H20BBrO2/c1-10-8-12(7-6-11(10)9-16)15-17-13(2,3)14(4,5)18-15/h6-8H,9H2,1-5H3. The maximum atomic E-state index is 6.04. The van der Waals surface area contributed by atoms with E-state index >= 15 is 0 Å². The molecule has 0 aromatic heterocycles. The molecule has 2 rings (SSSR count). The van der Waals surface area contributed by atoms with E-state index in [0.29, 0.717) is 0 Å². The minimum absolute atomic E-state index is 0.266. The molecule has 0 bridgehead atoms. The third kappa shape index (κ3) is 2.38. The van der Waals surface area contributed by atoms with E-state index < -0.39 is 0 Å². The van der Waals surface area contributed by atoms with Gasteiger partial charge in [-0.25, -0.2) is 0 Å². The SMILES string of the molecule is Cc1cc(B2OC(C)(C)C(C)(C)O2)ccc1CBr. The fourth-order valence-electron chi connectivity index (χ4n) is 1.99. The van der Waals surface area contributed by atoms with Gasteiger partial charge in [0.25, 0.3) is 0 Å². The Kier molecular flexibility index (Phi) is 3.65. The van der Waals surface area contributed by atoms with Crippen molar-refractivity contribution in [1.82, 2.24) is 0 Å². The summed E-state index contributed by atoms with van der Waals surface area (Å²) in [5, 5.41) is 0.877. The highest BCUT2D eigenvalue weighted by molar-refractivity contribution is 9.08. The van der Waals surface area contributed by atoms with Crippen LogP contribution in [-0.4, -0.2) is 18.3 Å². The van der Waals surface area contributed by atoms with E-state index in [9.17, 15) is 0 Å². The minimum atomic E-state index is -0.278. The molecule has 0 spiro atoms. The number of rotatable bonds is 2. The number of benzene rings is 1. The molecule has 98 valence electrons. The predicted octanol–water partition coefficient (Wildman–Crippen LogP) is 3.19. The third-order valence-electron chi connectivity index (χ3n) is 4.04. The number of hydrogen-bond donors (Lipinski definition) is 0. The molecule has 0 N–H and O–H groups in total. The largest absolute Gasteiger partial charge is 0.494 e. The molecule has 0 amide bonds. The number of alkyl halides is 1. The predicted molar refractivity (Wildman–Crippen MR) is 79.5 cm³/mol. The summed E-state index contributed by atoms with van der Waals surface area (Å²) in [6.45, 7) is 10.4. The average Bonchev–Trinajstić information content (AvgIpc) is 2.48. The molecule has 18 heavy (non-hydrogen) atoms. The van der Waals surface area contributed by atoms with Gasteiger partial charge in [-0.05, 0) is 51.2 Å². The van der Waals surface area contributed by atoms with Gasteiger partial charge in [0, 0.05) is 5.33 Å². The zero-order valence-electron chi connectivity index (χ0n) is 11.7. The van der Waals surface area contributed by atoms with Crippen LogP contribution in [0.2, 0.25) is 0 Å². The van der Waals surface area contributed by atoms with Gasteiger partial charge in [-0.2, -0.15) is 0 Å². The molecule has 0 radical (unpaired) electrons. The maximum Gasteiger partial charge on any atom is 0.494 e. The van der Waals surface area contributed by atoms with Crippen LogP contribution in [0.25, 0.3) is 0 Å². The summed E-state index contributed by atoms with van der Waals surface area (Å²) in [5.41, 5.74) is 3.10. The molecule has 2 nitrogen and oxygen atoms in total. The Morgan fingerprint density at radius 1 is 1.11 bits per heavy atom. The van der Waals surface area contributed by atoms with Crippen molar-refractivity contribution in [3.63, 3.8) is 0 Å². The quantitative estimate of drug-likeness (QED) is 0.617. The smallest absolute Gasteiger partial charge is 0.399 e. The lowest BCUT2D eigenvalue weighted by Crippen LogP contribution is -2.41. The zero-order valence-corrected chi connectivity index (χ0v) is 13.3. The first kappa shape index (κ1) is 14.1. The van der Waals surface area contributed by atoms with Gasteiger partial charge in [-0.3, -0.25) is 0 Å². The highest BCUT2D eigenvalue weighted by Crippen LogP contribution is 2.36. The van der Waals surface area contributed by atoms with E-state index in [2.05, 4.69) is 68.7 Å². The lowest BCUT2D eigenvalue weighted by molar-refractivity contribution is 0.00578. The van der Waals surface area contributed by atoms with Crippen molar-refractivity contribution in [2.24, 2.45) is 0 Å². The summed E-state index contributed by atoms with van der Waals surface area (Å²) in [5.74, 6) is 0. The first-order chi connectivity index (χ1) is 8.27. The minimum Gasteiger partial charge on any atom is -0.399 e. The van der Waals surface area contributed by atoms with Crippen LogP contribution in [0.5, 0.6) is 0 Å². The normalized spacial score (nSPS) is 21.3. The van der Waals surface area contributed by atoms with E-state index in [4.69, 9.17) is 9.31 Å². The molecular weight excluding hydrogens is 291 g/mol. The van der Waals surface area contributed by atoms with Crippen LogP contribution < -0.4 is 5.46 Å². The van der Waals surface area contributed by atoms with Crippen LogP contribution >= 0.6 is 15.9 Å². The number of hydrogen-bond acceptors (Lipinski definition) is 2. The van der Waals surface area contributed by atoms with Crippen molar-refractivity contribution in [1.29, 1.82) is 0 Å². The van der Waals surface area contributed by atoms with Crippen molar-refractivity contribution in [3.05, 3.63) is 29.3 Å². The molecule has 1 aromatic rings. The van der Waals surface area contributed by atoms with Crippen LogP contribution in [-0.2, 0) is 14.6 Å². The molecule has 0 aliphatic carbocycles. The van der Waals surface area contributed by atoms with Crippen LogP contribution in [0.1, 0.15) is 38.8 Å². The van der Waals surface area contributed by atoms with E-state index in [1.165, 1.54) is 11.1 Å². The summed E-state index contributed by atoms with van der Waals surface area (Å²) in [6.07, 6.45) is 0. The highest BCUT2D eigenvalue weighted by atomic mass is 79.9. The van der Waals surface area contributed by atoms with Crippen molar-refractivity contribution in [3.8, 4) is 0 Å². The Bertz CT molecular complexity index is 441. The van der Waals surface area contributed by atoms with Gasteiger partial charge in [0.2, 0.25) is 0 Å². The van der Waals surface area contributed by atoms with E-state index in [-0.39, 0.29) is 18.3 Å². The summed E-state index contributed by atoms with van der Waals surface area (Å²) < 4.78 is 12.1. The average molecular weight is 311 g/mol. The lowest BCUT2D eigenvalue weighted by atomic mass is 9.78. The summed E-state index contributed by atoms with van der Waals surface area (Å²) >= 11 is 3.49. The fourth-order valence-corrected chi connectivity index (χ4v) is 2.62. The van der Waals surface area contributed by atoms with Gasteiger partial charge < -0.3 is 9.31 Å². The van der Waals surface area contributed by atoms with E-state index in [1.54, 1.807) is 0 Å². The monoisotopic (exact) mass is 310 g/mol.